The van der Waals surface area contributed by atoms with Gasteiger partial charge >= 0.3 is 5.69 Å². The van der Waals surface area contributed by atoms with Gasteiger partial charge in [0.05, 0.1) is 6.04 Å². The number of anilines is 1. The Kier molecular flexibility index (Phi) is 4.43. The normalized spacial score (nSPS) is 17.1. The number of fused-ring (bicyclic) bond motifs is 1. The van der Waals surface area contributed by atoms with E-state index in [1.54, 1.807) is 0 Å². The summed E-state index contributed by atoms with van der Waals surface area (Å²) in [6, 6.07) is 7.69. The predicted molar refractivity (Wildman–Crippen MR) is 95.2 cm³/mol. The van der Waals surface area contributed by atoms with Crippen LogP contribution in [-0.4, -0.2) is 9.55 Å². The Labute approximate surface area is 142 Å². The van der Waals surface area contributed by atoms with E-state index in [1.165, 1.54) is 21.8 Å². The van der Waals surface area contributed by atoms with Crippen LogP contribution in [-0.2, 0) is 6.42 Å². The molecule has 5 nitrogen and oxygen atoms in total. The summed E-state index contributed by atoms with van der Waals surface area (Å²) in [6.45, 7) is 3.64. The SMILES string of the molecule is CC(C)n1c(=O)cc(N[C@H]2CCCc3ccc(Br)cc32)[nH]c1=O. The Hall–Kier alpha value is -1.82. The van der Waals surface area contributed by atoms with Crippen LogP contribution >= 0.6 is 15.9 Å². The van der Waals surface area contributed by atoms with Crippen molar-refractivity contribution >= 4 is 21.7 Å². The van der Waals surface area contributed by atoms with E-state index in [0.717, 1.165) is 23.7 Å². The minimum absolute atomic E-state index is 0.0983. The third kappa shape index (κ3) is 3.27. The fourth-order valence-electron chi connectivity index (χ4n) is 3.18. The van der Waals surface area contributed by atoms with E-state index < -0.39 is 0 Å². The number of aromatic nitrogens is 2. The molecule has 0 saturated carbocycles. The van der Waals surface area contributed by atoms with Crippen molar-refractivity contribution in [2.75, 3.05) is 5.32 Å². The third-order valence-electron chi connectivity index (χ3n) is 4.23. The molecule has 1 aliphatic carbocycles. The van der Waals surface area contributed by atoms with Crippen LogP contribution in [0.1, 0.15) is 49.9 Å². The van der Waals surface area contributed by atoms with Crippen molar-refractivity contribution in [1.29, 1.82) is 0 Å². The number of nitrogens with zero attached hydrogens (tertiary/aromatic N) is 1. The fourth-order valence-corrected chi connectivity index (χ4v) is 3.56. The number of aryl methyl sites for hydroxylation is 1. The molecule has 23 heavy (non-hydrogen) atoms. The quantitative estimate of drug-likeness (QED) is 0.861. The van der Waals surface area contributed by atoms with E-state index in [4.69, 9.17) is 0 Å². The molecular weight excluding hydrogens is 358 g/mol. The summed E-state index contributed by atoms with van der Waals surface area (Å²) in [4.78, 5) is 27.0. The van der Waals surface area contributed by atoms with Gasteiger partial charge in [-0.05, 0) is 56.4 Å². The average Bonchev–Trinajstić information content (AvgIpc) is 2.46. The molecule has 1 aromatic heterocycles. The van der Waals surface area contributed by atoms with Gasteiger partial charge in [0.15, 0.2) is 0 Å². The van der Waals surface area contributed by atoms with Gasteiger partial charge in [-0.25, -0.2) is 4.79 Å². The highest BCUT2D eigenvalue weighted by Crippen LogP contribution is 2.33. The second-order valence-electron chi connectivity index (χ2n) is 6.22. The Balaban J connectivity index is 1.94. The van der Waals surface area contributed by atoms with Crippen LogP contribution in [0.15, 0.2) is 38.3 Å². The Bertz CT molecular complexity index is 807. The van der Waals surface area contributed by atoms with Gasteiger partial charge < -0.3 is 5.32 Å². The van der Waals surface area contributed by atoms with Gasteiger partial charge in [-0.3, -0.25) is 14.3 Å². The second-order valence-corrected chi connectivity index (χ2v) is 7.14. The number of nitrogens with one attached hydrogen (secondary N) is 2. The zero-order chi connectivity index (χ0) is 16.6. The van der Waals surface area contributed by atoms with Crippen molar-refractivity contribution in [1.82, 2.24) is 9.55 Å². The Morgan fingerprint density at radius 2 is 2.09 bits per heavy atom. The van der Waals surface area contributed by atoms with E-state index in [0.29, 0.717) is 5.82 Å². The lowest BCUT2D eigenvalue weighted by Crippen LogP contribution is -2.36. The molecule has 0 saturated heterocycles. The number of hydrogen-bond donors (Lipinski definition) is 2. The van der Waals surface area contributed by atoms with Gasteiger partial charge in [0.25, 0.3) is 5.56 Å². The number of aromatic amines is 1. The molecule has 6 heteroatoms. The molecule has 0 unspecified atom stereocenters. The van der Waals surface area contributed by atoms with Gasteiger partial charge in [-0.15, -0.1) is 0 Å². The van der Waals surface area contributed by atoms with Gasteiger partial charge in [0.2, 0.25) is 0 Å². The van der Waals surface area contributed by atoms with E-state index in [2.05, 4.69) is 38.4 Å². The molecule has 1 aliphatic rings. The van der Waals surface area contributed by atoms with E-state index in [-0.39, 0.29) is 23.3 Å². The zero-order valence-corrected chi connectivity index (χ0v) is 14.8. The molecule has 2 aromatic rings. The number of H-pyrrole nitrogens is 1. The summed E-state index contributed by atoms with van der Waals surface area (Å²) in [6.07, 6.45) is 3.12. The van der Waals surface area contributed by atoms with Crippen molar-refractivity contribution in [2.45, 2.75) is 45.2 Å². The summed E-state index contributed by atoms with van der Waals surface area (Å²) >= 11 is 3.51. The average molecular weight is 378 g/mol. The highest BCUT2D eigenvalue weighted by molar-refractivity contribution is 9.10. The minimum atomic E-state index is -0.375. The van der Waals surface area contributed by atoms with Crippen LogP contribution in [0, 0.1) is 0 Å². The summed E-state index contributed by atoms with van der Waals surface area (Å²) in [7, 11) is 0. The van der Waals surface area contributed by atoms with Gasteiger partial charge in [-0.2, -0.15) is 0 Å². The second kappa shape index (κ2) is 6.35. The first-order valence-electron chi connectivity index (χ1n) is 7.86. The smallest absolute Gasteiger partial charge is 0.330 e. The summed E-state index contributed by atoms with van der Waals surface area (Å²) in [5.74, 6) is 0.481. The molecule has 1 atom stereocenters. The highest BCUT2D eigenvalue weighted by atomic mass is 79.9. The number of rotatable bonds is 3. The van der Waals surface area contributed by atoms with Crippen LogP contribution < -0.4 is 16.6 Å². The standard InChI is InChI=1S/C17H20BrN3O2/c1-10(2)21-16(22)9-15(20-17(21)23)19-14-5-3-4-11-6-7-12(18)8-13(11)14/h6-10,14,19H,3-5H2,1-2H3,(H,20,23)/t14-/m0/s1. The monoisotopic (exact) mass is 377 g/mol. The van der Waals surface area contributed by atoms with Crippen LogP contribution in [0.5, 0.6) is 0 Å². The van der Waals surface area contributed by atoms with E-state index in [9.17, 15) is 9.59 Å². The van der Waals surface area contributed by atoms with Gasteiger partial charge in [-0.1, -0.05) is 22.0 Å². The summed E-state index contributed by atoms with van der Waals surface area (Å²) < 4.78 is 2.25. The number of hydrogen-bond acceptors (Lipinski definition) is 3. The van der Waals surface area contributed by atoms with Gasteiger partial charge in [0.1, 0.15) is 5.82 Å². The molecule has 0 spiro atoms. The molecule has 2 N–H and O–H groups in total. The van der Waals surface area contributed by atoms with Crippen LogP contribution in [0.3, 0.4) is 0 Å². The maximum atomic E-state index is 12.1. The predicted octanol–water partition coefficient (Wildman–Crippen LogP) is 3.37. The molecule has 3 rings (SSSR count). The molecule has 0 radical (unpaired) electrons. The van der Waals surface area contributed by atoms with Crippen molar-refractivity contribution in [3.05, 3.63) is 60.7 Å². The molecule has 1 heterocycles. The largest absolute Gasteiger partial charge is 0.365 e. The molecule has 0 aliphatic heterocycles. The zero-order valence-electron chi connectivity index (χ0n) is 13.2. The maximum absolute atomic E-state index is 12.1. The lowest BCUT2D eigenvalue weighted by molar-refractivity contribution is 0.544. The molecule has 0 fully saturated rings. The first kappa shape index (κ1) is 16.1. The highest BCUT2D eigenvalue weighted by Gasteiger charge is 2.21. The summed E-state index contributed by atoms with van der Waals surface area (Å²) in [5, 5.41) is 3.32. The topological polar surface area (TPSA) is 66.9 Å². The lowest BCUT2D eigenvalue weighted by atomic mass is 9.88. The fraction of sp³-hybridized carbons (Fsp3) is 0.412. The van der Waals surface area contributed by atoms with E-state index >= 15 is 0 Å². The lowest BCUT2D eigenvalue weighted by Gasteiger charge is -2.27. The Morgan fingerprint density at radius 1 is 1.30 bits per heavy atom. The molecular formula is C17H20BrN3O2. The van der Waals surface area contributed by atoms with E-state index in [1.807, 2.05) is 19.9 Å². The van der Waals surface area contributed by atoms with Crippen molar-refractivity contribution < 1.29 is 0 Å². The third-order valence-corrected chi connectivity index (χ3v) is 4.73. The Morgan fingerprint density at radius 3 is 2.78 bits per heavy atom. The summed E-state index contributed by atoms with van der Waals surface area (Å²) in [5.41, 5.74) is 1.88. The van der Waals surface area contributed by atoms with Crippen molar-refractivity contribution in [3.63, 3.8) is 0 Å². The minimum Gasteiger partial charge on any atom is -0.365 e. The van der Waals surface area contributed by atoms with Crippen LogP contribution in [0.25, 0.3) is 0 Å². The van der Waals surface area contributed by atoms with Crippen molar-refractivity contribution in [2.24, 2.45) is 0 Å². The van der Waals surface area contributed by atoms with Gasteiger partial charge in [0, 0.05) is 16.6 Å². The number of halogens is 1. The molecule has 0 bridgehead atoms. The molecule has 122 valence electrons. The maximum Gasteiger partial charge on any atom is 0.330 e. The van der Waals surface area contributed by atoms with Crippen LogP contribution in [0.4, 0.5) is 5.82 Å². The first-order chi connectivity index (χ1) is 11.0. The van der Waals surface area contributed by atoms with Crippen molar-refractivity contribution in [3.8, 4) is 0 Å². The molecule has 0 amide bonds. The molecule has 1 aromatic carbocycles. The van der Waals surface area contributed by atoms with Crippen LogP contribution in [0.2, 0.25) is 0 Å². The first-order valence-corrected chi connectivity index (χ1v) is 8.65. The number of benzene rings is 1.